The van der Waals surface area contributed by atoms with E-state index >= 15 is 0 Å². The molecule has 0 fully saturated rings. The van der Waals surface area contributed by atoms with Crippen molar-refractivity contribution in [3.63, 3.8) is 0 Å². The summed E-state index contributed by atoms with van der Waals surface area (Å²) in [6, 6.07) is 8.29. The summed E-state index contributed by atoms with van der Waals surface area (Å²) in [5.41, 5.74) is 0. The number of alkyl halides is 3. The number of hydrogen-bond donors (Lipinski definition) is 0. The molecule has 1 aromatic carbocycles. The van der Waals surface area contributed by atoms with E-state index in [9.17, 15) is 8.42 Å². The zero-order valence-corrected chi connectivity index (χ0v) is 12.5. The van der Waals surface area contributed by atoms with Gasteiger partial charge in [-0.2, -0.15) is 0 Å². The molecule has 2 nitrogen and oxygen atoms in total. The molecule has 0 saturated heterocycles. The van der Waals surface area contributed by atoms with Gasteiger partial charge in [0.2, 0.25) is 9.84 Å². The van der Waals surface area contributed by atoms with Gasteiger partial charge in [-0.3, -0.25) is 0 Å². The van der Waals surface area contributed by atoms with Crippen LogP contribution in [0.25, 0.3) is 0 Å². The fraction of sp³-hybridized carbons (Fsp3) is 0.250. The largest absolute Gasteiger partial charge is 0.221 e. The molecule has 6 heteroatoms. The maximum Gasteiger partial charge on any atom is 0.204 e. The maximum atomic E-state index is 12.0. The molecule has 0 atom stereocenters. The summed E-state index contributed by atoms with van der Waals surface area (Å²) in [6.45, 7) is 0. The average molecular weight is 407 g/mol. The van der Waals surface area contributed by atoms with Crippen LogP contribution in [0.4, 0.5) is 0 Å². The second-order valence-electron chi connectivity index (χ2n) is 2.59. The molecule has 0 unspecified atom stereocenters. The van der Waals surface area contributed by atoms with E-state index < -0.39 is 12.4 Å². The summed E-state index contributed by atoms with van der Waals surface area (Å²) in [4.78, 5) is 0.285. The van der Waals surface area contributed by atoms with Gasteiger partial charge in [-0.05, 0) is 12.1 Å². The van der Waals surface area contributed by atoms with Crippen LogP contribution >= 0.6 is 47.8 Å². The van der Waals surface area contributed by atoms with Gasteiger partial charge in [0.05, 0.1) is 4.90 Å². The van der Waals surface area contributed by atoms with Gasteiger partial charge in [0.15, 0.2) is 2.57 Å². The summed E-state index contributed by atoms with van der Waals surface area (Å²) in [7, 11) is -3.40. The van der Waals surface area contributed by atoms with E-state index in [-0.39, 0.29) is 10.2 Å². The molecule has 0 amide bonds. The summed E-state index contributed by atoms with van der Waals surface area (Å²) < 4.78 is 22.8. The van der Waals surface area contributed by atoms with Gasteiger partial charge in [0, 0.05) is 5.33 Å². The van der Waals surface area contributed by atoms with Gasteiger partial charge in [0.25, 0.3) is 0 Å². The molecular weight excluding hydrogens is 400 g/mol. The number of hydrogen-bond acceptors (Lipinski definition) is 2. The summed E-state index contributed by atoms with van der Waals surface area (Å²) in [6.07, 6.45) is 0. The number of sulfone groups is 1. The lowest BCUT2D eigenvalue weighted by atomic mass is 10.4. The normalized spacial score (nSPS) is 12.8. The third-order valence-corrected chi connectivity index (χ3v) is 9.26. The fourth-order valence-electron chi connectivity index (χ4n) is 0.844. The zero-order chi connectivity index (χ0) is 10.8. The quantitative estimate of drug-likeness (QED) is 0.722. The van der Waals surface area contributed by atoms with Crippen LogP contribution in [-0.4, -0.2) is 16.3 Å². The fourth-order valence-corrected chi connectivity index (χ4v) is 3.87. The van der Waals surface area contributed by atoms with Crippen molar-refractivity contribution in [3.05, 3.63) is 30.3 Å². The Balaban J connectivity index is 3.23. The highest BCUT2D eigenvalue weighted by molar-refractivity contribution is 9.28. The van der Waals surface area contributed by atoms with Crippen molar-refractivity contribution in [1.82, 2.24) is 0 Å². The summed E-state index contributed by atoms with van der Waals surface area (Å²) in [5.74, 6) is 0. The number of rotatable bonds is 3. The van der Waals surface area contributed by atoms with Crippen molar-refractivity contribution >= 4 is 57.6 Å². The molecule has 0 aliphatic carbocycles. The number of benzene rings is 1. The molecule has 0 radical (unpaired) electrons. The Morgan fingerprint density at radius 1 is 1.14 bits per heavy atom. The molecule has 0 aliphatic rings. The lowest BCUT2D eigenvalue weighted by molar-refractivity contribution is 0.594. The molecular formula is C8H7Br3O2S. The van der Waals surface area contributed by atoms with Crippen LogP contribution in [-0.2, 0) is 9.84 Å². The topological polar surface area (TPSA) is 34.1 Å². The van der Waals surface area contributed by atoms with Crippen molar-refractivity contribution in [2.75, 3.05) is 5.33 Å². The van der Waals surface area contributed by atoms with E-state index in [0.29, 0.717) is 0 Å². The standard InChI is InChI=1S/C8H7Br3O2S/c9-6-8(10,11)14(12,13)7-4-2-1-3-5-7/h1-5H,6H2. The van der Waals surface area contributed by atoms with Crippen LogP contribution in [0, 0.1) is 0 Å². The van der Waals surface area contributed by atoms with Crippen molar-refractivity contribution in [2.24, 2.45) is 0 Å². The number of halogens is 3. The van der Waals surface area contributed by atoms with E-state index in [2.05, 4.69) is 47.8 Å². The van der Waals surface area contributed by atoms with E-state index in [1.807, 2.05) is 0 Å². The Morgan fingerprint density at radius 2 is 1.64 bits per heavy atom. The molecule has 0 aromatic heterocycles. The van der Waals surface area contributed by atoms with E-state index in [4.69, 9.17) is 0 Å². The van der Waals surface area contributed by atoms with Crippen molar-refractivity contribution in [2.45, 2.75) is 7.46 Å². The summed E-state index contributed by atoms with van der Waals surface area (Å²) in [5, 5.41) is 0.261. The van der Waals surface area contributed by atoms with Crippen LogP contribution in [0.1, 0.15) is 0 Å². The van der Waals surface area contributed by atoms with Gasteiger partial charge in [0.1, 0.15) is 0 Å². The van der Waals surface area contributed by atoms with Gasteiger partial charge < -0.3 is 0 Å². The highest BCUT2D eigenvalue weighted by Crippen LogP contribution is 2.38. The Kier molecular flexibility index (Phi) is 4.20. The van der Waals surface area contributed by atoms with E-state index in [1.54, 1.807) is 30.3 Å². The molecule has 0 heterocycles. The minimum atomic E-state index is -3.40. The average Bonchev–Trinajstić information content (AvgIpc) is 2.19. The molecule has 14 heavy (non-hydrogen) atoms. The Hall–Kier alpha value is 0.610. The van der Waals surface area contributed by atoms with Crippen LogP contribution in [0.2, 0.25) is 0 Å². The lowest BCUT2D eigenvalue weighted by Gasteiger charge is -2.17. The third kappa shape index (κ3) is 2.40. The van der Waals surface area contributed by atoms with Crippen molar-refractivity contribution < 1.29 is 8.42 Å². The van der Waals surface area contributed by atoms with Crippen LogP contribution < -0.4 is 0 Å². The van der Waals surface area contributed by atoms with Gasteiger partial charge in [-0.1, -0.05) is 66.0 Å². The van der Waals surface area contributed by atoms with Crippen LogP contribution in [0.15, 0.2) is 35.2 Å². The highest BCUT2D eigenvalue weighted by Gasteiger charge is 2.38. The van der Waals surface area contributed by atoms with Crippen molar-refractivity contribution in [1.29, 1.82) is 0 Å². The van der Waals surface area contributed by atoms with Crippen LogP contribution in [0.5, 0.6) is 0 Å². The van der Waals surface area contributed by atoms with Gasteiger partial charge in [-0.15, -0.1) is 0 Å². The first-order valence-electron chi connectivity index (χ1n) is 3.65. The van der Waals surface area contributed by atoms with Gasteiger partial charge >= 0.3 is 0 Å². The van der Waals surface area contributed by atoms with E-state index in [0.717, 1.165) is 0 Å². The smallest absolute Gasteiger partial charge is 0.204 e. The lowest BCUT2D eigenvalue weighted by Crippen LogP contribution is -2.26. The second kappa shape index (κ2) is 4.63. The van der Waals surface area contributed by atoms with Crippen LogP contribution in [0.3, 0.4) is 0 Å². The van der Waals surface area contributed by atoms with E-state index in [1.165, 1.54) is 0 Å². The Bertz CT molecular complexity index is 400. The maximum absolute atomic E-state index is 12.0. The molecule has 0 aliphatic heterocycles. The molecule has 1 aromatic rings. The Labute approximate surface area is 108 Å². The van der Waals surface area contributed by atoms with Crippen molar-refractivity contribution in [3.8, 4) is 0 Å². The molecule has 0 bridgehead atoms. The summed E-state index contributed by atoms with van der Waals surface area (Å²) >= 11 is 9.37. The monoisotopic (exact) mass is 404 g/mol. The minimum absolute atomic E-state index is 0.261. The molecule has 0 N–H and O–H groups in total. The first-order valence-corrected chi connectivity index (χ1v) is 7.84. The molecule has 0 saturated carbocycles. The van der Waals surface area contributed by atoms with Gasteiger partial charge in [-0.25, -0.2) is 8.42 Å². The molecule has 78 valence electrons. The molecule has 0 spiro atoms. The second-order valence-corrected chi connectivity index (χ2v) is 10.1. The first kappa shape index (κ1) is 12.7. The Morgan fingerprint density at radius 3 is 2.07 bits per heavy atom. The predicted octanol–water partition coefficient (Wildman–Crippen LogP) is 3.30. The molecule has 1 rings (SSSR count). The SMILES string of the molecule is O=S(=O)(c1ccccc1)C(Br)(Br)CBr. The third-order valence-electron chi connectivity index (χ3n) is 1.60. The highest BCUT2D eigenvalue weighted by atomic mass is 79.9. The zero-order valence-electron chi connectivity index (χ0n) is 6.95. The first-order chi connectivity index (χ1) is 6.42. The minimum Gasteiger partial charge on any atom is -0.221 e. The predicted molar refractivity (Wildman–Crippen MR) is 68.0 cm³/mol.